The van der Waals surface area contributed by atoms with E-state index in [1.165, 1.54) is 0 Å². The lowest BCUT2D eigenvalue weighted by Gasteiger charge is -2.36. The number of anilines is 1. The van der Waals surface area contributed by atoms with Crippen LogP contribution in [0.3, 0.4) is 0 Å². The lowest BCUT2D eigenvalue weighted by molar-refractivity contribution is -0.120. The summed E-state index contributed by atoms with van der Waals surface area (Å²) in [4.78, 5) is 48.1. The van der Waals surface area contributed by atoms with Gasteiger partial charge < -0.3 is 10.3 Å². The smallest absolute Gasteiger partial charge is 0.332 e. The Hall–Kier alpha value is -4.59. The van der Waals surface area contributed by atoms with Crippen LogP contribution in [-0.2, 0) is 17.8 Å². The fraction of sp³-hybridized carbons (Fsp3) is 0.121. The predicted molar refractivity (Wildman–Crippen MR) is 163 cm³/mol. The zero-order chi connectivity index (χ0) is 29.0. The van der Waals surface area contributed by atoms with E-state index in [4.69, 9.17) is 23.2 Å². The number of halogens is 2. The summed E-state index contributed by atoms with van der Waals surface area (Å²) in [5.41, 5.74) is 4.77. The second kappa shape index (κ2) is 10.4. The maximum Gasteiger partial charge on any atom is 0.332 e. The number of H-pyrrole nitrogens is 1. The molecule has 42 heavy (non-hydrogen) atoms. The summed E-state index contributed by atoms with van der Waals surface area (Å²) in [7, 11) is 0. The van der Waals surface area contributed by atoms with Crippen LogP contribution in [0, 0.1) is 0 Å². The minimum atomic E-state index is -0.757. The lowest BCUT2D eigenvalue weighted by atomic mass is 9.89. The SMILES string of the molecule is O=C(NCc1ccccc1Cl)c1ccccc1N1C(=O)C2Cc3c([nH]c4ccccc34)C(c3cccc(Cl)c3)N2C1=O. The number of rotatable bonds is 5. The third-order valence-electron chi connectivity index (χ3n) is 8.00. The van der Waals surface area contributed by atoms with Gasteiger partial charge in [-0.1, -0.05) is 83.9 Å². The minimum Gasteiger partial charge on any atom is -0.356 e. The molecule has 0 radical (unpaired) electrons. The van der Waals surface area contributed by atoms with E-state index in [2.05, 4.69) is 10.3 Å². The molecule has 0 spiro atoms. The Labute approximate surface area is 251 Å². The van der Waals surface area contributed by atoms with Crippen LogP contribution in [0.2, 0.25) is 10.0 Å². The minimum absolute atomic E-state index is 0.196. The zero-order valence-electron chi connectivity index (χ0n) is 22.2. The lowest BCUT2D eigenvalue weighted by Crippen LogP contribution is -2.44. The first-order valence-corrected chi connectivity index (χ1v) is 14.3. The topological polar surface area (TPSA) is 85.5 Å². The monoisotopic (exact) mass is 594 g/mol. The van der Waals surface area contributed by atoms with Gasteiger partial charge in [0.05, 0.1) is 11.3 Å². The van der Waals surface area contributed by atoms with Gasteiger partial charge in [-0.25, -0.2) is 9.69 Å². The first kappa shape index (κ1) is 26.3. The van der Waals surface area contributed by atoms with E-state index < -0.39 is 24.0 Å². The second-order valence-corrected chi connectivity index (χ2v) is 11.2. The van der Waals surface area contributed by atoms with Crippen LogP contribution in [0.4, 0.5) is 10.5 Å². The molecule has 2 N–H and O–H groups in total. The number of aromatic amines is 1. The number of para-hydroxylation sites is 2. The molecule has 2 unspecified atom stereocenters. The molecule has 4 amide bonds. The highest BCUT2D eigenvalue weighted by molar-refractivity contribution is 6.31. The van der Waals surface area contributed by atoms with Gasteiger partial charge in [0.1, 0.15) is 12.1 Å². The molecule has 0 aliphatic carbocycles. The van der Waals surface area contributed by atoms with Gasteiger partial charge in [0, 0.05) is 39.6 Å². The predicted octanol–water partition coefficient (Wildman–Crippen LogP) is 6.89. The number of hydrogen-bond acceptors (Lipinski definition) is 3. The molecule has 208 valence electrons. The van der Waals surface area contributed by atoms with Crippen LogP contribution >= 0.6 is 23.2 Å². The molecule has 3 heterocycles. The van der Waals surface area contributed by atoms with Crippen molar-refractivity contribution in [3.05, 3.63) is 135 Å². The van der Waals surface area contributed by atoms with E-state index in [9.17, 15) is 14.4 Å². The van der Waals surface area contributed by atoms with Crippen molar-refractivity contribution in [1.29, 1.82) is 0 Å². The molecule has 2 atom stereocenters. The molecule has 9 heteroatoms. The number of imide groups is 1. The molecule has 1 saturated heterocycles. The van der Waals surface area contributed by atoms with Gasteiger partial charge >= 0.3 is 6.03 Å². The fourth-order valence-corrected chi connectivity index (χ4v) is 6.49. The maximum absolute atomic E-state index is 14.3. The van der Waals surface area contributed by atoms with Gasteiger partial charge in [-0.05, 0) is 53.1 Å². The van der Waals surface area contributed by atoms with E-state index in [1.807, 2.05) is 60.7 Å². The van der Waals surface area contributed by atoms with Crippen molar-refractivity contribution < 1.29 is 14.4 Å². The van der Waals surface area contributed by atoms with Crippen LogP contribution in [0.25, 0.3) is 10.9 Å². The summed E-state index contributed by atoms with van der Waals surface area (Å²) in [6.07, 6.45) is 0.346. The highest BCUT2D eigenvalue weighted by atomic mass is 35.5. The van der Waals surface area contributed by atoms with Crippen molar-refractivity contribution in [2.75, 3.05) is 4.90 Å². The van der Waals surface area contributed by atoms with E-state index in [-0.39, 0.29) is 23.7 Å². The number of benzene rings is 4. The van der Waals surface area contributed by atoms with Crippen LogP contribution in [-0.4, -0.2) is 33.8 Å². The number of fused-ring (bicyclic) bond motifs is 4. The molecular weight excluding hydrogens is 571 g/mol. The van der Waals surface area contributed by atoms with Crippen LogP contribution in [0.5, 0.6) is 0 Å². The Morgan fingerprint density at radius 1 is 0.905 bits per heavy atom. The zero-order valence-corrected chi connectivity index (χ0v) is 23.7. The fourth-order valence-electron chi connectivity index (χ4n) is 6.09. The molecule has 7 nitrogen and oxygen atoms in total. The van der Waals surface area contributed by atoms with Crippen LogP contribution in [0.1, 0.15) is 38.8 Å². The Morgan fingerprint density at radius 2 is 1.67 bits per heavy atom. The number of amides is 4. The molecular formula is C33H24Cl2N4O3. The second-order valence-electron chi connectivity index (χ2n) is 10.4. The molecule has 0 saturated carbocycles. The van der Waals surface area contributed by atoms with Gasteiger partial charge in [0.2, 0.25) is 0 Å². The standard InChI is InChI=1S/C33H24Cl2N4O3/c34-21-10-7-9-19(16-21)30-29-24(22-11-2-5-14-26(22)37-29)17-28-32(41)39(33(42)38(28)30)27-15-6-3-12-23(27)31(40)36-18-20-8-1-4-13-25(20)35/h1-16,28,30,37H,17-18H2,(H,36,40). The molecule has 7 rings (SSSR count). The number of hydrogen-bond donors (Lipinski definition) is 2. The Balaban J connectivity index is 1.28. The molecule has 2 aliphatic heterocycles. The Kier molecular flexibility index (Phi) is 6.49. The summed E-state index contributed by atoms with van der Waals surface area (Å²) in [6, 6.07) is 27.3. The third-order valence-corrected chi connectivity index (χ3v) is 8.60. The average molecular weight is 595 g/mol. The highest BCUT2D eigenvalue weighted by Crippen LogP contribution is 2.45. The number of carbonyl (C=O) groups excluding carboxylic acids is 3. The molecule has 1 fully saturated rings. The van der Waals surface area contributed by atoms with Crippen molar-refractivity contribution >= 4 is 57.6 Å². The van der Waals surface area contributed by atoms with Crippen LogP contribution in [0.15, 0.2) is 97.1 Å². The number of carbonyl (C=O) groups is 3. The summed E-state index contributed by atoms with van der Waals surface area (Å²) < 4.78 is 0. The van der Waals surface area contributed by atoms with Gasteiger partial charge in [-0.15, -0.1) is 0 Å². The molecule has 1 aromatic heterocycles. The first-order chi connectivity index (χ1) is 20.4. The number of nitrogens with one attached hydrogen (secondary N) is 2. The van der Waals surface area contributed by atoms with Crippen molar-refractivity contribution in [2.24, 2.45) is 0 Å². The van der Waals surface area contributed by atoms with Crippen molar-refractivity contribution in [1.82, 2.24) is 15.2 Å². The van der Waals surface area contributed by atoms with Crippen molar-refractivity contribution in [3.63, 3.8) is 0 Å². The first-order valence-electron chi connectivity index (χ1n) is 13.5. The summed E-state index contributed by atoms with van der Waals surface area (Å²) in [5, 5.41) is 4.96. The molecule has 4 aromatic carbocycles. The van der Waals surface area contributed by atoms with Gasteiger partial charge in [0.25, 0.3) is 11.8 Å². The normalized spacial score (nSPS) is 17.9. The van der Waals surface area contributed by atoms with Gasteiger partial charge in [-0.3, -0.25) is 14.5 Å². The van der Waals surface area contributed by atoms with Crippen LogP contribution < -0.4 is 10.2 Å². The van der Waals surface area contributed by atoms with Gasteiger partial charge in [-0.2, -0.15) is 0 Å². The molecule has 5 aromatic rings. The summed E-state index contributed by atoms with van der Waals surface area (Å²) >= 11 is 12.7. The van der Waals surface area contributed by atoms with E-state index in [0.717, 1.165) is 38.2 Å². The highest BCUT2D eigenvalue weighted by Gasteiger charge is 2.53. The van der Waals surface area contributed by atoms with Crippen molar-refractivity contribution in [3.8, 4) is 0 Å². The number of nitrogens with zero attached hydrogens (tertiary/aromatic N) is 2. The third kappa shape index (κ3) is 4.24. The maximum atomic E-state index is 14.3. The largest absolute Gasteiger partial charge is 0.356 e. The number of urea groups is 1. The quantitative estimate of drug-likeness (QED) is 0.217. The van der Waals surface area contributed by atoms with E-state index in [1.54, 1.807) is 41.3 Å². The van der Waals surface area contributed by atoms with E-state index in [0.29, 0.717) is 16.5 Å². The van der Waals surface area contributed by atoms with Crippen molar-refractivity contribution in [2.45, 2.75) is 25.0 Å². The average Bonchev–Trinajstić information content (AvgIpc) is 3.49. The van der Waals surface area contributed by atoms with Gasteiger partial charge in [0.15, 0.2) is 0 Å². The molecule has 0 bridgehead atoms. The summed E-state index contributed by atoms with van der Waals surface area (Å²) in [5.74, 6) is -0.798. The Morgan fingerprint density at radius 3 is 2.50 bits per heavy atom. The molecule has 2 aliphatic rings. The summed E-state index contributed by atoms with van der Waals surface area (Å²) in [6.45, 7) is 0.196. The number of aromatic nitrogens is 1. The Bertz CT molecular complexity index is 1900. The van der Waals surface area contributed by atoms with E-state index >= 15 is 0 Å².